The molecule has 0 aliphatic carbocycles. The van der Waals surface area contributed by atoms with E-state index in [2.05, 4.69) is 5.32 Å². The van der Waals surface area contributed by atoms with Gasteiger partial charge in [0.2, 0.25) is 0 Å². The van der Waals surface area contributed by atoms with Crippen molar-refractivity contribution >= 4 is 17.7 Å². The molecule has 0 radical (unpaired) electrons. The van der Waals surface area contributed by atoms with Crippen molar-refractivity contribution in [2.45, 2.75) is 65.5 Å². The number of allylic oxidation sites excluding steroid dienone is 2. The summed E-state index contributed by atoms with van der Waals surface area (Å²) in [4.78, 5) is 24.6. The van der Waals surface area contributed by atoms with Gasteiger partial charge in [0.15, 0.2) is 0 Å². The van der Waals surface area contributed by atoms with Gasteiger partial charge >= 0.3 is 6.09 Å². The Morgan fingerprint density at radius 3 is 2.25 bits per heavy atom. The number of methoxy groups -OCH3 is 3. The molecule has 0 spiro atoms. The molecule has 10 nitrogen and oxygen atoms in total. The van der Waals surface area contributed by atoms with Crippen LogP contribution in [0.15, 0.2) is 47.6 Å². The molecule has 222 valence electrons. The smallest absolute Gasteiger partial charge is 0.405 e. The Balaban J connectivity index is 2.67. The molecule has 1 heterocycles. The number of fused-ring (bicyclic) bond motifs is 2. The average molecular weight is 561 g/mol. The average Bonchev–Trinajstić information content (AvgIpc) is 2.88. The molecule has 1 aliphatic heterocycles. The van der Waals surface area contributed by atoms with Gasteiger partial charge in [-0.15, -0.1) is 0 Å². The molecule has 10 heteroatoms. The second-order valence-electron chi connectivity index (χ2n) is 10.5. The van der Waals surface area contributed by atoms with Crippen molar-refractivity contribution in [3.8, 4) is 11.5 Å². The third-order valence-electron chi connectivity index (χ3n) is 7.33. The van der Waals surface area contributed by atoms with E-state index < -0.39 is 24.2 Å². The Morgan fingerprint density at radius 1 is 1.00 bits per heavy atom. The van der Waals surface area contributed by atoms with E-state index in [4.69, 9.17) is 24.7 Å². The molecule has 5 N–H and O–H groups in total. The Kier molecular flexibility index (Phi) is 12.2. The third-order valence-corrected chi connectivity index (χ3v) is 7.33. The van der Waals surface area contributed by atoms with Crippen molar-refractivity contribution in [1.82, 2.24) is 0 Å². The van der Waals surface area contributed by atoms with E-state index >= 15 is 0 Å². The molecule has 1 aromatic carbocycles. The van der Waals surface area contributed by atoms with E-state index in [0.29, 0.717) is 17.6 Å². The van der Waals surface area contributed by atoms with Crippen LogP contribution in [0.4, 0.5) is 10.5 Å². The molecule has 40 heavy (non-hydrogen) atoms. The Labute approximate surface area is 236 Å². The summed E-state index contributed by atoms with van der Waals surface area (Å²) in [5.74, 6) is -1.43. The normalized spacial score (nSPS) is 32.2. The van der Waals surface area contributed by atoms with Gasteiger partial charge < -0.3 is 40.2 Å². The number of hydrogen-bond donors (Lipinski definition) is 4. The lowest BCUT2D eigenvalue weighted by Gasteiger charge is -2.33. The molecule has 0 aromatic heterocycles. The van der Waals surface area contributed by atoms with Crippen LogP contribution >= 0.6 is 0 Å². The zero-order chi connectivity index (χ0) is 30.1. The SMILES string of the molecule is CO[C@@H]1[C@H](C)/C=C(/C)[C@H](OC(N)=O)[C@H](C)/C=C\C=C(/C)C(=O)Nc2cc(O)cc(c2O)[C@H](OC)[C@H](C)C[C@@H]1OC. The van der Waals surface area contributed by atoms with Crippen LogP contribution in [0.3, 0.4) is 0 Å². The molecule has 0 fully saturated rings. The summed E-state index contributed by atoms with van der Waals surface area (Å²) in [6.45, 7) is 9.30. The number of amides is 2. The van der Waals surface area contributed by atoms with Crippen LogP contribution in [-0.4, -0.2) is 61.9 Å². The summed E-state index contributed by atoms with van der Waals surface area (Å²) in [5, 5.41) is 24.2. The highest BCUT2D eigenvalue weighted by Gasteiger charge is 2.33. The number of carbonyl (C=O) groups excluding carboxylic acids is 2. The topological polar surface area (TPSA) is 150 Å². The number of anilines is 1. The number of rotatable bonds is 4. The largest absolute Gasteiger partial charge is 0.508 e. The molecular formula is C30H44N2O8. The number of phenolic OH excluding ortho intramolecular Hbond substituents is 2. The lowest BCUT2D eigenvalue weighted by molar-refractivity contribution is -0.112. The Hall–Kier alpha value is -3.34. The van der Waals surface area contributed by atoms with Crippen molar-refractivity contribution in [3.63, 3.8) is 0 Å². The van der Waals surface area contributed by atoms with Crippen LogP contribution in [0.25, 0.3) is 0 Å². The fourth-order valence-corrected chi connectivity index (χ4v) is 5.30. The van der Waals surface area contributed by atoms with E-state index in [0.717, 1.165) is 5.57 Å². The van der Waals surface area contributed by atoms with Gasteiger partial charge in [0.25, 0.3) is 5.91 Å². The number of benzene rings is 1. The number of aromatic hydroxyl groups is 2. The maximum Gasteiger partial charge on any atom is 0.405 e. The Morgan fingerprint density at radius 2 is 1.68 bits per heavy atom. The monoisotopic (exact) mass is 560 g/mol. The molecule has 2 rings (SSSR count). The molecule has 0 unspecified atom stereocenters. The summed E-state index contributed by atoms with van der Waals surface area (Å²) in [6, 6.07) is 2.71. The predicted octanol–water partition coefficient (Wildman–Crippen LogP) is 4.98. The minimum absolute atomic E-state index is 0.0543. The molecule has 7 atom stereocenters. The van der Waals surface area contributed by atoms with Crippen molar-refractivity contribution in [2.24, 2.45) is 23.5 Å². The van der Waals surface area contributed by atoms with E-state index in [9.17, 15) is 19.8 Å². The fourth-order valence-electron chi connectivity index (χ4n) is 5.30. The molecule has 1 aromatic rings. The van der Waals surface area contributed by atoms with Crippen molar-refractivity contribution in [1.29, 1.82) is 0 Å². The summed E-state index contributed by atoms with van der Waals surface area (Å²) in [5.41, 5.74) is 6.91. The first-order valence-electron chi connectivity index (χ1n) is 13.3. The van der Waals surface area contributed by atoms with Crippen molar-refractivity contribution in [2.75, 3.05) is 26.6 Å². The summed E-state index contributed by atoms with van der Waals surface area (Å²) < 4.78 is 23.0. The van der Waals surface area contributed by atoms with Gasteiger partial charge in [-0.25, -0.2) is 4.79 Å². The van der Waals surface area contributed by atoms with Gasteiger partial charge in [0.1, 0.15) is 17.6 Å². The minimum atomic E-state index is -0.891. The van der Waals surface area contributed by atoms with Crippen LogP contribution in [0.2, 0.25) is 0 Å². The van der Waals surface area contributed by atoms with Crippen LogP contribution in [-0.2, 0) is 23.7 Å². The second-order valence-corrected chi connectivity index (χ2v) is 10.5. The standard InChI is InChI=1S/C30H44N2O8/c1-16-10-9-11-17(2)29(35)32-23-15-21(33)14-22(25(23)34)27(38-7)20(5)13-24(37-6)28(39-8)19(4)12-18(3)26(16)40-30(31)36/h9-12,14-16,19-20,24,26-28,33-34H,13H2,1-8H3,(H2,31,36)(H,32,35)/b10-9-,17-11+,18-12-/t16-,19-,20-,24+,26-,27-,28-/m1/s1. The van der Waals surface area contributed by atoms with Crippen LogP contribution in [0.1, 0.15) is 52.7 Å². The van der Waals surface area contributed by atoms with Crippen molar-refractivity contribution < 1.29 is 38.7 Å². The van der Waals surface area contributed by atoms with E-state index in [1.807, 2.05) is 33.8 Å². The Bertz CT molecular complexity index is 1130. The van der Waals surface area contributed by atoms with Gasteiger partial charge in [-0.05, 0) is 37.8 Å². The van der Waals surface area contributed by atoms with Gasteiger partial charge in [-0.2, -0.15) is 0 Å². The molecule has 2 amide bonds. The summed E-state index contributed by atoms with van der Waals surface area (Å²) >= 11 is 0. The zero-order valence-corrected chi connectivity index (χ0v) is 24.6. The number of carbonyl (C=O) groups is 2. The first-order valence-corrected chi connectivity index (χ1v) is 13.3. The van der Waals surface area contributed by atoms with Crippen LogP contribution in [0.5, 0.6) is 11.5 Å². The van der Waals surface area contributed by atoms with Gasteiger partial charge in [-0.1, -0.05) is 45.1 Å². The van der Waals surface area contributed by atoms with Gasteiger partial charge in [-0.3, -0.25) is 4.79 Å². The number of hydrogen-bond acceptors (Lipinski definition) is 8. The molecule has 2 bridgehead atoms. The van der Waals surface area contributed by atoms with E-state index in [-0.39, 0.29) is 47.1 Å². The minimum Gasteiger partial charge on any atom is -0.508 e. The first kappa shape index (κ1) is 32.9. The number of phenols is 2. The highest BCUT2D eigenvalue weighted by atomic mass is 16.6. The lowest BCUT2D eigenvalue weighted by Crippen LogP contribution is -2.37. The van der Waals surface area contributed by atoms with E-state index in [1.54, 1.807) is 39.4 Å². The third kappa shape index (κ3) is 8.33. The summed E-state index contributed by atoms with van der Waals surface area (Å²) in [7, 11) is 4.73. The molecule has 0 saturated carbocycles. The number of ether oxygens (including phenoxy) is 4. The predicted molar refractivity (Wildman–Crippen MR) is 153 cm³/mol. The first-order chi connectivity index (χ1) is 18.8. The highest BCUT2D eigenvalue weighted by molar-refractivity contribution is 6.04. The molecule has 1 aliphatic rings. The van der Waals surface area contributed by atoms with Gasteiger partial charge in [0, 0.05) is 50.4 Å². The molecule has 0 saturated heterocycles. The number of primary amides is 1. The highest BCUT2D eigenvalue weighted by Crippen LogP contribution is 2.42. The maximum atomic E-state index is 12.9. The van der Waals surface area contributed by atoms with Crippen LogP contribution in [0, 0.1) is 17.8 Å². The van der Waals surface area contributed by atoms with E-state index in [1.165, 1.54) is 19.2 Å². The van der Waals surface area contributed by atoms with Crippen molar-refractivity contribution in [3.05, 3.63) is 53.1 Å². The quantitative estimate of drug-likeness (QED) is 0.229. The number of nitrogens with two attached hydrogens (primary N) is 1. The maximum absolute atomic E-state index is 12.9. The number of nitrogens with one attached hydrogen (secondary N) is 1. The van der Waals surface area contributed by atoms with Gasteiger partial charge in [0.05, 0.1) is 24.0 Å². The zero-order valence-electron chi connectivity index (χ0n) is 24.6. The van der Waals surface area contributed by atoms with Crippen LogP contribution < -0.4 is 11.1 Å². The summed E-state index contributed by atoms with van der Waals surface area (Å²) in [6.07, 6.45) is 4.64. The second kappa shape index (κ2) is 14.9. The fraction of sp³-hybridized carbons (Fsp3) is 0.533. The molecular weight excluding hydrogens is 516 g/mol. The lowest BCUT2D eigenvalue weighted by atomic mass is 9.86.